The van der Waals surface area contributed by atoms with Crippen LogP contribution in [0.5, 0.6) is 5.75 Å². The maximum absolute atomic E-state index is 14.3. The Morgan fingerprint density at radius 3 is 1.05 bits per heavy atom. The summed E-state index contributed by atoms with van der Waals surface area (Å²) in [4.78, 5) is 0. The fourth-order valence-electron chi connectivity index (χ4n) is 2.72. The fourth-order valence-corrected chi connectivity index (χ4v) is 2.72. The van der Waals surface area contributed by atoms with E-state index in [-0.39, 0.29) is 23.6 Å². The Morgan fingerprint density at radius 1 is 0.400 bits per heavy atom. The van der Waals surface area contributed by atoms with Gasteiger partial charge in [0, 0.05) is 5.56 Å². The lowest BCUT2D eigenvalue weighted by Crippen LogP contribution is -2.74. The molecule has 20 heteroatoms. The van der Waals surface area contributed by atoms with Crippen LogP contribution in [0.15, 0.2) is 58.8 Å². The first-order valence-electron chi connectivity index (χ1n) is 9.73. The SMILES string of the molecule is Oc1ccc(N=Nc2ccc(C(F)(F)C(F)(F)C(F)(F)C(F)(F)C(F)(F)C(F)(F)C(F)(F)C(F)(F)F)cc2)cc1. The molecule has 0 unspecified atom stereocenters. The fraction of sp³-hybridized carbons (Fsp3) is 0.400. The number of azo groups is 1. The van der Waals surface area contributed by atoms with E-state index in [4.69, 9.17) is 5.11 Å². The Balaban J connectivity index is 2.49. The molecule has 0 atom stereocenters. The molecule has 3 nitrogen and oxygen atoms in total. The summed E-state index contributed by atoms with van der Waals surface area (Å²) in [6.07, 6.45) is -7.81. The van der Waals surface area contributed by atoms with Crippen LogP contribution in [0.1, 0.15) is 5.56 Å². The van der Waals surface area contributed by atoms with Gasteiger partial charge in [-0.25, -0.2) is 0 Å². The third kappa shape index (κ3) is 4.77. The second-order valence-electron chi connectivity index (χ2n) is 7.78. The number of alkyl halides is 17. The zero-order chi connectivity index (χ0) is 31.4. The summed E-state index contributed by atoms with van der Waals surface area (Å²) in [7, 11) is 0. The normalized spacial score (nSPS) is 15.1. The van der Waals surface area contributed by atoms with Gasteiger partial charge < -0.3 is 5.11 Å². The summed E-state index contributed by atoms with van der Waals surface area (Å²) >= 11 is 0. The molecule has 0 spiro atoms. The number of phenols is 1. The van der Waals surface area contributed by atoms with Crippen LogP contribution in [0.3, 0.4) is 0 Å². The van der Waals surface area contributed by atoms with Crippen molar-refractivity contribution in [2.75, 3.05) is 0 Å². The summed E-state index contributed by atoms with van der Waals surface area (Å²) in [6, 6.07) is 4.80. The Bertz CT molecular complexity index is 1220. The molecule has 0 heterocycles. The van der Waals surface area contributed by atoms with E-state index in [1.54, 1.807) is 0 Å². The van der Waals surface area contributed by atoms with Crippen molar-refractivity contribution in [3.8, 4) is 5.75 Å². The van der Waals surface area contributed by atoms with Gasteiger partial charge in [0.25, 0.3) is 0 Å². The van der Waals surface area contributed by atoms with E-state index in [0.717, 1.165) is 24.3 Å². The maximum atomic E-state index is 14.3. The van der Waals surface area contributed by atoms with Gasteiger partial charge in [-0.3, -0.25) is 0 Å². The first-order valence-corrected chi connectivity index (χ1v) is 9.73. The third-order valence-electron chi connectivity index (χ3n) is 5.08. The van der Waals surface area contributed by atoms with Crippen molar-refractivity contribution in [3.63, 3.8) is 0 Å². The van der Waals surface area contributed by atoms with E-state index in [1.807, 2.05) is 0 Å². The van der Waals surface area contributed by atoms with Gasteiger partial charge >= 0.3 is 47.6 Å². The zero-order valence-electron chi connectivity index (χ0n) is 18.4. The predicted octanol–water partition coefficient (Wildman–Crippen LogP) is 9.27. The molecule has 0 aromatic heterocycles. The summed E-state index contributed by atoms with van der Waals surface area (Å²) in [5.41, 5.74) is -2.85. The monoisotopic (exact) mass is 616 g/mol. The molecule has 0 fully saturated rings. The Labute approximate surface area is 209 Å². The minimum absolute atomic E-state index is 0.00874. The summed E-state index contributed by atoms with van der Waals surface area (Å²) < 4.78 is 228. The van der Waals surface area contributed by atoms with Crippen LogP contribution in [0.2, 0.25) is 0 Å². The number of phenolic OH excluding ortho intramolecular Hbond substituents is 1. The molecule has 1 N–H and O–H groups in total. The minimum atomic E-state index is -8.68. The van der Waals surface area contributed by atoms with Crippen LogP contribution >= 0.6 is 0 Å². The van der Waals surface area contributed by atoms with Gasteiger partial charge in [0.1, 0.15) is 5.75 Å². The highest BCUT2D eigenvalue weighted by Crippen LogP contribution is 2.65. The third-order valence-corrected chi connectivity index (χ3v) is 5.08. The quantitative estimate of drug-likeness (QED) is 0.222. The molecule has 0 saturated carbocycles. The van der Waals surface area contributed by atoms with Crippen LogP contribution in [-0.2, 0) is 5.92 Å². The van der Waals surface area contributed by atoms with E-state index in [2.05, 4.69) is 10.2 Å². The highest BCUT2D eigenvalue weighted by molar-refractivity contribution is 5.43. The molecule has 0 radical (unpaired) electrons. The van der Waals surface area contributed by atoms with Gasteiger partial charge in [-0.1, -0.05) is 12.1 Å². The van der Waals surface area contributed by atoms with Crippen LogP contribution < -0.4 is 0 Å². The number of nitrogens with zero attached hydrogens (tertiary/aromatic N) is 2. The average molecular weight is 616 g/mol. The number of benzene rings is 2. The number of aromatic hydroxyl groups is 1. The Morgan fingerprint density at radius 2 is 0.700 bits per heavy atom. The van der Waals surface area contributed by atoms with E-state index >= 15 is 0 Å². The molecule has 40 heavy (non-hydrogen) atoms. The second kappa shape index (κ2) is 9.64. The van der Waals surface area contributed by atoms with Gasteiger partial charge in [0.2, 0.25) is 0 Å². The molecule has 0 amide bonds. The summed E-state index contributed by atoms with van der Waals surface area (Å²) in [6.45, 7) is 0. The molecule has 0 aliphatic heterocycles. The lowest BCUT2D eigenvalue weighted by molar-refractivity contribution is -0.462. The first-order chi connectivity index (χ1) is 17.7. The van der Waals surface area contributed by atoms with Gasteiger partial charge in [0.05, 0.1) is 11.4 Å². The van der Waals surface area contributed by atoms with Gasteiger partial charge in [0.15, 0.2) is 0 Å². The molecule has 2 aromatic rings. The molecule has 0 aliphatic carbocycles. The van der Waals surface area contributed by atoms with Crippen molar-refractivity contribution in [1.82, 2.24) is 0 Å². The maximum Gasteiger partial charge on any atom is 0.460 e. The smallest absolute Gasteiger partial charge is 0.460 e. The summed E-state index contributed by atoms with van der Waals surface area (Å²) in [5, 5.41) is 16.0. The van der Waals surface area contributed by atoms with Crippen molar-refractivity contribution in [2.24, 2.45) is 10.2 Å². The van der Waals surface area contributed by atoms with Crippen molar-refractivity contribution in [2.45, 2.75) is 47.6 Å². The van der Waals surface area contributed by atoms with E-state index in [1.165, 1.54) is 0 Å². The molecule has 2 rings (SSSR count). The number of hydrogen-bond acceptors (Lipinski definition) is 3. The largest absolute Gasteiger partial charge is 0.508 e. The van der Waals surface area contributed by atoms with Crippen LogP contribution in [0.4, 0.5) is 86.0 Å². The van der Waals surface area contributed by atoms with E-state index in [9.17, 15) is 74.6 Å². The number of hydrogen-bond donors (Lipinski definition) is 1. The van der Waals surface area contributed by atoms with Gasteiger partial charge in [-0.15, -0.1) is 0 Å². The molecule has 2 aromatic carbocycles. The van der Waals surface area contributed by atoms with Crippen LogP contribution in [-0.4, -0.2) is 46.8 Å². The van der Waals surface area contributed by atoms with Gasteiger partial charge in [-0.05, 0) is 36.4 Å². The van der Waals surface area contributed by atoms with Crippen molar-refractivity contribution in [3.05, 3.63) is 54.1 Å². The molecule has 0 saturated heterocycles. The van der Waals surface area contributed by atoms with Crippen LogP contribution in [0, 0.1) is 0 Å². The molecular formula is C20H9F17N2O. The topological polar surface area (TPSA) is 45.0 Å². The summed E-state index contributed by atoms with van der Waals surface area (Å²) in [5.74, 6) is -57.1. The standard InChI is InChI=1S/C20H9F17N2O/c21-13(22,9-1-3-10(4-2-9)38-39-11-5-7-12(40)8-6-11)14(23,24)15(25,26)16(27,28)17(29,30)18(31,32)19(33,34)20(35,36)37/h1-8,40H. The Kier molecular flexibility index (Phi) is 7.92. The highest BCUT2D eigenvalue weighted by atomic mass is 19.4. The van der Waals surface area contributed by atoms with Crippen molar-refractivity contribution >= 4 is 11.4 Å². The second-order valence-corrected chi connectivity index (χ2v) is 7.78. The lowest BCUT2D eigenvalue weighted by atomic mass is 9.87. The molecule has 224 valence electrons. The van der Waals surface area contributed by atoms with E-state index < -0.39 is 58.9 Å². The van der Waals surface area contributed by atoms with Crippen LogP contribution in [0.25, 0.3) is 0 Å². The minimum Gasteiger partial charge on any atom is -0.508 e. The first kappa shape index (κ1) is 32.9. The molecule has 0 aliphatic rings. The van der Waals surface area contributed by atoms with E-state index in [0.29, 0.717) is 12.1 Å². The molecule has 0 bridgehead atoms. The Hall–Kier alpha value is -3.35. The number of rotatable bonds is 9. The zero-order valence-corrected chi connectivity index (χ0v) is 18.4. The van der Waals surface area contributed by atoms with Crippen molar-refractivity contribution in [1.29, 1.82) is 0 Å². The lowest BCUT2D eigenvalue weighted by Gasteiger charge is -2.42. The van der Waals surface area contributed by atoms with Crippen molar-refractivity contribution < 1.29 is 79.7 Å². The number of halogens is 17. The predicted molar refractivity (Wildman–Crippen MR) is 98.4 cm³/mol. The van der Waals surface area contributed by atoms with Gasteiger partial charge in [-0.2, -0.15) is 84.9 Å². The molecular weight excluding hydrogens is 607 g/mol. The average Bonchev–Trinajstić information content (AvgIpc) is 2.82. The highest BCUT2D eigenvalue weighted by Gasteiger charge is 2.95.